The lowest BCUT2D eigenvalue weighted by Crippen LogP contribution is -2.52. The average Bonchev–Trinajstić information content (AvgIpc) is 2.89. The van der Waals surface area contributed by atoms with Gasteiger partial charge in [-0.1, -0.05) is 73.5 Å². The lowest BCUT2D eigenvalue weighted by Gasteiger charge is -2.31. The van der Waals surface area contributed by atoms with Gasteiger partial charge in [-0.05, 0) is 55.2 Å². The van der Waals surface area contributed by atoms with Gasteiger partial charge in [-0.2, -0.15) is 0 Å². The van der Waals surface area contributed by atoms with Gasteiger partial charge < -0.3 is 15.0 Å². The molecule has 1 N–H and O–H groups in total. The van der Waals surface area contributed by atoms with Crippen LogP contribution in [0.5, 0.6) is 5.75 Å². The predicted molar refractivity (Wildman–Crippen MR) is 145 cm³/mol. The topological polar surface area (TPSA) is 58.6 Å². The number of hydrogen-bond acceptors (Lipinski definition) is 3. The first-order valence-corrected chi connectivity index (χ1v) is 12.9. The van der Waals surface area contributed by atoms with Crippen molar-refractivity contribution in [2.24, 2.45) is 0 Å². The molecule has 0 aliphatic heterocycles. The lowest BCUT2D eigenvalue weighted by atomic mass is 10.0. The summed E-state index contributed by atoms with van der Waals surface area (Å²) in [5.41, 5.74) is 2.90. The van der Waals surface area contributed by atoms with E-state index in [1.807, 2.05) is 51.1 Å². The molecule has 3 aromatic carbocycles. The zero-order valence-corrected chi connectivity index (χ0v) is 22.4. The number of ether oxygens (including phenoxy) is 1. The normalized spacial score (nSPS) is 11.6. The van der Waals surface area contributed by atoms with Gasteiger partial charge in [-0.25, -0.2) is 4.39 Å². The molecule has 0 heterocycles. The summed E-state index contributed by atoms with van der Waals surface area (Å²) in [5.74, 6) is -0.624. The minimum Gasteiger partial charge on any atom is -0.484 e. The van der Waals surface area contributed by atoms with Crippen molar-refractivity contribution in [3.8, 4) is 5.75 Å². The molecule has 1 atom stereocenters. The summed E-state index contributed by atoms with van der Waals surface area (Å²) >= 11 is 6.26. The van der Waals surface area contributed by atoms with Gasteiger partial charge in [0, 0.05) is 30.1 Å². The van der Waals surface area contributed by atoms with Crippen molar-refractivity contribution in [1.82, 2.24) is 10.2 Å². The molecule has 1 unspecified atom stereocenters. The third-order valence-electron chi connectivity index (χ3n) is 6.17. The number of rotatable bonds is 12. The maximum atomic E-state index is 14.6. The van der Waals surface area contributed by atoms with Gasteiger partial charge in [0.05, 0.1) is 0 Å². The van der Waals surface area contributed by atoms with Gasteiger partial charge in [0.15, 0.2) is 6.61 Å². The predicted octanol–water partition coefficient (Wildman–Crippen LogP) is 6.03. The van der Waals surface area contributed by atoms with Crippen molar-refractivity contribution in [1.29, 1.82) is 0 Å². The first-order valence-electron chi connectivity index (χ1n) is 12.5. The van der Waals surface area contributed by atoms with Crippen molar-refractivity contribution >= 4 is 23.4 Å². The fourth-order valence-corrected chi connectivity index (χ4v) is 4.20. The third kappa shape index (κ3) is 8.05. The van der Waals surface area contributed by atoms with Crippen LogP contribution in [-0.4, -0.2) is 35.9 Å². The van der Waals surface area contributed by atoms with E-state index < -0.39 is 17.8 Å². The Balaban J connectivity index is 1.91. The molecule has 0 spiro atoms. The quantitative estimate of drug-likeness (QED) is 0.294. The van der Waals surface area contributed by atoms with Gasteiger partial charge in [-0.15, -0.1) is 0 Å². The minimum absolute atomic E-state index is 0.0633. The number of aryl methyl sites for hydroxylation is 2. The van der Waals surface area contributed by atoms with E-state index in [1.54, 1.807) is 30.3 Å². The van der Waals surface area contributed by atoms with Crippen LogP contribution >= 0.6 is 11.6 Å². The Morgan fingerprint density at radius 2 is 1.68 bits per heavy atom. The number of halogens is 2. The number of amides is 2. The summed E-state index contributed by atoms with van der Waals surface area (Å²) in [6.07, 6.45) is 2.04. The van der Waals surface area contributed by atoms with Crippen molar-refractivity contribution < 1.29 is 18.7 Å². The van der Waals surface area contributed by atoms with Crippen LogP contribution in [0.15, 0.2) is 66.7 Å². The second kappa shape index (κ2) is 13.8. The number of unbranched alkanes of at least 4 members (excludes halogenated alkanes) is 1. The largest absolute Gasteiger partial charge is 0.484 e. The Morgan fingerprint density at radius 1 is 1.03 bits per heavy atom. The second-order valence-corrected chi connectivity index (χ2v) is 9.50. The molecule has 0 aliphatic rings. The zero-order valence-electron chi connectivity index (χ0n) is 21.6. The number of benzene rings is 3. The monoisotopic (exact) mass is 524 g/mol. The smallest absolute Gasteiger partial charge is 0.261 e. The van der Waals surface area contributed by atoms with Crippen LogP contribution in [0.2, 0.25) is 5.02 Å². The molecule has 2 amide bonds. The van der Waals surface area contributed by atoms with Crippen LogP contribution in [-0.2, 0) is 22.6 Å². The molecule has 196 valence electrons. The van der Waals surface area contributed by atoms with Crippen molar-refractivity contribution in [2.75, 3.05) is 13.2 Å². The molecule has 0 saturated heterocycles. The van der Waals surface area contributed by atoms with E-state index in [0.29, 0.717) is 22.9 Å². The molecule has 37 heavy (non-hydrogen) atoms. The van der Waals surface area contributed by atoms with Crippen LogP contribution in [0.3, 0.4) is 0 Å². The maximum Gasteiger partial charge on any atom is 0.261 e. The second-order valence-electron chi connectivity index (χ2n) is 9.12. The average molecular weight is 525 g/mol. The van der Waals surface area contributed by atoms with Crippen LogP contribution < -0.4 is 10.1 Å². The van der Waals surface area contributed by atoms with Crippen molar-refractivity contribution in [3.63, 3.8) is 0 Å². The van der Waals surface area contributed by atoms with Gasteiger partial charge in [0.1, 0.15) is 17.6 Å². The SMILES string of the molecule is CCCCNC(=O)C(Cc1ccccc1)N(Cc1ccccc1F)C(=O)COc1cc(C)c(Cl)c(C)c1. The fourth-order valence-electron chi connectivity index (χ4n) is 4.09. The molecular formula is C30H34ClFN2O3. The third-order valence-corrected chi connectivity index (χ3v) is 6.77. The number of nitrogens with one attached hydrogen (secondary N) is 1. The molecule has 0 fully saturated rings. The highest BCUT2D eigenvalue weighted by molar-refractivity contribution is 6.32. The van der Waals surface area contributed by atoms with Gasteiger partial charge in [-0.3, -0.25) is 9.59 Å². The first-order chi connectivity index (χ1) is 17.8. The van der Waals surface area contributed by atoms with Gasteiger partial charge in [0.2, 0.25) is 5.91 Å². The minimum atomic E-state index is -0.844. The molecular weight excluding hydrogens is 491 g/mol. The molecule has 3 rings (SSSR count). The molecule has 0 bridgehead atoms. The van der Waals surface area contributed by atoms with Crippen LogP contribution in [0.4, 0.5) is 4.39 Å². The molecule has 0 radical (unpaired) electrons. The van der Waals surface area contributed by atoms with Gasteiger partial charge in [0.25, 0.3) is 5.91 Å². The van der Waals surface area contributed by atoms with E-state index >= 15 is 0 Å². The standard InChI is InChI=1S/C30H34ClFN2O3/c1-4-5-15-33-30(36)27(18-23-11-7-6-8-12-23)34(19-24-13-9-10-14-26(24)32)28(35)20-37-25-16-21(2)29(31)22(3)17-25/h6-14,16-17,27H,4-5,15,18-20H2,1-3H3,(H,33,36). The lowest BCUT2D eigenvalue weighted by molar-refractivity contribution is -0.142. The van der Waals surface area contributed by atoms with Gasteiger partial charge >= 0.3 is 0 Å². The Labute approximate surface area is 223 Å². The highest BCUT2D eigenvalue weighted by Crippen LogP contribution is 2.26. The van der Waals surface area contributed by atoms with Crippen LogP contribution in [0.1, 0.15) is 42.0 Å². The molecule has 0 saturated carbocycles. The molecule has 3 aromatic rings. The van der Waals surface area contributed by atoms with E-state index in [-0.39, 0.29) is 25.5 Å². The zero-order chi connectivity index (χ0) is 26.8. The van der Waals surface area contributed by atoms with Crippen molar-refractivity contribution in [3.05, 3.63) is 99.8 Å². The molecule has 5 nitrogen and oxygen atoms in total. The Hall–Kier alpha value is -3.38. The molecule has 0 aliphatic carbocycles. The first kappa shape index (κ1) is 28.2. The fraction of sp³-hybridized carbons (Fsp3) is 0.333. The van der Waals surface area contributed by atoms with E-state index in [4.69, 9.17) is 16.3 Å². The van der Waals surface area contributed by atoms with E-state index in [9.17, 15) is 14.0 Å². The van der Waals surface area contributed by atoms with E-state index in [1.165, 1.54) is 11.0 Å². The Kier molecular flexibility index (Phi) is 10.5. The molecule has 0 aromatic heterocycles. The highest BCUT2D eigenvalue weighted by Gasteiger charge is 2.31. The Bertz CT molecular complexity index is 1180. The maximum absolute atomic E-state index is 14.6. The number of hydrogen-bond donors (Lipinski definition) is 1. The van der Waals surface area contributed by atoms with E-state index in [2.05, 4.69) is 5.32 Å². The highest BCUT2D eigenvalue weighted by atomic mass is 35.5. The summed E-state index contributed by atoms with van der Waals surface area (Å²) in [5, 5.41) is 3.60. The Morgan fingerprint density at radius 3 is 2.32 bits per heavy atom. The summed E-state index contributed by atoms with van der Waals surface area (Å²) in [6, 6.07) is 18.5. The summed E-state index contributed by atoms with van der Waals surface area (Å²) in [7, 11) is 0. The number of nitrogens with zero attached hydrogens (tertiary/aromatic N) is 1. The summed E-state index contributed by atoms with van der Waals surface area (Å²) in [6.45, 7) is 5.91. The molecule has 7 heteroatoms. The van der Waals surface area contributed by atoms with Crippen LogP contribution in [0, 0.1) is 19.7 Å². The van der Waals surface area contributed by atoms with E-state index in [0.717, 1.165) is 29.5 Å². The number of carbonyl (C=O) groups is 2. The van der Waals surface area contributed by atoms with Crippen molar-refractivity contribution in [2.45, 2.75) is 52.6 Å². The van der Waals surface area contributed by atoms with Crippen LogP contribution in [0.25, 0.3) is 0 Å². The summed E-state index contributed by atoms with van der Waals surface area (Å²) in [4.78, 5) is 28.4. The number of carbonyl (C=O) groups excluding carboxylic acids is 2. The summed E-state index contributed by atoms with van der Waals surface area (Å²) < 4.78 is 20.5.